The summed E-state index contributed by atoms with van der Waals surface area (Å²) in [4.78, 5) is 0.325. The lowest BCUT2D eigenvalue weighted by Crippen LogP contribution is -2.44. The van der Waals surface area contributed by atoms with Gasteiger partial charge in [0.1, 0.15) is 0 Å². The fourth-order valence-corrected chi connectivity index (χ4v) is 3.51. The molecule has 1 N–H and O–H groups in total. The van der Waals surface area contributed by atoms with E-state index in [-0.39, 0.29) is 11.4 Å². The van der Waals surface area contributed by atoms with E-state index in [4.69, 9.17) is 11.6 Å². The first kappa shape index (κ1) is 11.9. The van der Waals surface area contributed by atoms with Gasteiger partial charge in [0.05, 0.1) is 4.90 Å². The van der Waals surface area contributed by atoms with Crippen molar-refractivity contribution in [3.63, 3.8) is 0 Å². The number of hydrogen-bond donors (Lipinski definition) is 1. The summed E-state index contributed by atoms with van der Waals surface area (Å²) in [6, 6.07) is 6.88. The van der Waals surface area contributed by atoms with Crippen LogP contribution in [0.2, 0.25) is 0 Å². The minimum Gasteiger partial charge on any atom is -0.208 e. The van der Waals surface area contributed by atoms with Gasteiger partial charge in [0.2, 0.25) is 10.0 Å². The molecule has 88 valence electrons. The highest BCUT2D eigenvalue weighted by molar-refractivity contribution is 7.89. The minimum atomic E-state index is -3.37. The molecule has 1 fully saturated rings. The van der Waals surface area contributed by atoms with E-state index in [1.165, 1.54) is 0 Å². The van der Waals surface area contributed by atoms with Crippen LogP contribution >= 0.6 is 11.6 Å². The number of hydrogen-bond acceptors (Lipinski definition) is 2. The SMILES string of the molecule is Cc1cccc(S(=O)(=O)NC2CC(Cl)C2)c1. The van der Waals surface area contributed by atoms with E-state index in [1.54, 1.807) is 18.2 Å². The first-order chi connectivity index (χ1) is 7.47. The predicted octanol–water partition coefficient (Wildman–Crippen LogP) is 2.04. The van der Waals surface area contributed by atoms with Crippen LogP contribution < -0.4 is 4.72 Å². The standard InChI is InChI=1S/C11H14ClNO2S/c1-8-3-2-4-11(5-8)16(14,15)13-10-6-9(12)7-10/h2-5,9-10,13H,6-7H2,1H3. The van der Waals surface area contributed by atoms with Crippen LogP contribution in [0.25, 0.3) is 0 Å². The Kier molecular flexibility index (Phi) is 3.24. The van der Waals surface area contributed by atoms with E-state index in [0.717, 1.165) is 5.56 Å². The average molecular weight is 260 g/mol. The molecule has 0 bridgehead atoms. The normalized spacial score (nSPS) is 25.1. The number of alkyl halides is 1. The smallest absolute Gasteiger partial charge is 0.208 e. The first-order valence-electron chi connectivity index (χ1n) is 5.20. The van der Waals surface area contributed by atoms with Crippen molar-refractivity contribution in [2.75, 3.05) is 0 Å². The maximum Gasteiger partial charge on any atom is 0.240 e. The molecule has 16 heavy (non-hydrogen) atoms. The Bertz CT molecular complexity index is 481. The Balaban J connectivity index is 2.13. The molecule has 0 aliphatic heterocycles. The molecule has 3 nitrogen and oxygen atoms in total. The zero-order chi connectivity index (χ0) is 11.8. The molecule has 0 atom stereocenters. The molecule has 1 aromatic carbocycles. The number of sulfonamides is 1. The lowest BCUT2D eigenvalue weighted by molar-refractivity contribution is 0.391. The molecule has 2 rings (SSSR count). The molecule has 0 saturated heterocycles. The van der Waals surface area contributed by atoms with Crippen LogP contribution in [-0.2, 0) is 10.0 Å². The Labute approximate surface area is 101 Å². The van der Waals surface area contributed by atoms with Crippen molar-refractivity contribution in [1.82, 2.24) is 4.72 Å². The van der Waals surface area contributed by atoms with Gasteiger partial charge in [0, 0.05) is 11.4 Å². The van der Waals surface area contributed by atoms with E-state index in [9.17, 15) is 8.42 Å². The average Bonchev–Trinajstić information content (AvgIpc) is 2.15. The van der Waals surface area contributed by atoms with Crippen LogP contribution in [0.5, 0.6) is 0 Å². The predicted molar refractivity (Wildman–Crippen MR) is 64.2 cm³/mol. The molecule has 1 saturated carbocycles. The third-order valence-corrected chi connectivity index (χ3v) is 4.58. The monoisotopic (exact) mass is 259 g/mol. The van der Waals surface area contributed by atoms with Crippen LogP contribution in [-0.4, -0.2) is 19.8 Å². The molecule has 0 unspecified atom stereocenters. The van der Waals surface area contributed by atoms with Crippen LogP contribution in [0.15, 0.2) is 29.2 Å². The fraction of sp³-hybridized carbons (Fsp3) is 0.455. The summed E-state index contributed by atoms with van der Waals surface area (Å²) in [5.74, 6) is 0. The number of rotatable bonds is 3. The van der Waals surface area contributed by atoms with Gasteiger partial charge in [-0.2, -0.15) is 0 Å². The second-order valence-electron chi connectivity index (χ2n) is 4.20. The summed E-state index contributed by atoms with van der Waals surface area (Å²) >= 11 is 5.81. The van der Waals surface area contributed by atoms with E-state index >= 15 is 0 Å². The van der Waals surface area contributed by atoms with Gasteiger partial charge in [-0.15, -0.1) is 11.6 Å². The van der Waals surface area contributed by atoms with Crippen LogP contribution in [0, 0.1) is 6.92 Å². The van der Waals surface area contributed by atoms with Crippen LogP contribution in [0.3, 0.4) is 0 Å². The largest absolute Gasteiger partial charge is 0.240 e. The molecule has 0 amide bonds. The van der Waals surface area contributed by atoms with Crippen molar-refractivity contribution in [2.45, 2.75) is 36.1 Å². The van der Waals surface area contributed by atoms with Crippen molar-refractivity contribution in [3.8, 4) is 0 Å². The van der Waals surface area contributed by atoms with Gasteiger partial charge in [-0.25, -0.2) is 13.1 Å². The van der Waals surface area contributed by atoms with Gasteiger partial charge in [0.15, 0.2) is 0 Å². The van der Waals surface area contributed by atoms with Gasteiger partial charge in [-0.1, -0.05) is 12.1 Å². The minimum absolute atomic E-state index is 0.00647. The van der Waals surface area contributed by atoms with Crippen molar-refractivity contribution in [3.05, 3.63) is 29.8 Å². The molecule has 1 aliphatic carbocycles. The topological polar surface area (TPSA) is 46.2 Å². The third kappa shape index (κ3) is 2.56. The molecule has 0 heterocycles. The van der Waals surface area contributed by atoms with Gasteiger partial charge < -0.3 is 0 Å². The van der Waals surface area contributed by atoms with Crippen molar-refractivity contribution in [2.24, 2.45) is 0 Å². The lowest BCUT2D eigenvalue weighted by atomic mass is 9.94. The van der Waals surface area contributed by atoms with Gasteiger partial charge in [-0.05, 0) is 37.5 Å². The number of aryl methyl sites for hydroxylation is 1. The fourth-order valence-electron chi connectivity index (χ4n) is 1.71. The quantitative estimate of drug-likeness (QED) is 0.845. The van der Waals surface area contributed by atoms with Gasteiger partial charge in [-0.3, -0.25) is 0 Å². The van der Waals surface area contributed by atoms with E-state index in [0.29, 0.717) is 17.7 Å². The van der Waals surface area contributed by atoms with Gasteiger partial charge in [0.25, 0.3) is 0 Å². The zero-order valence-corrected chi connectivity index (χ0v) is 10.6. The highest BCUT2D eigenvalue weighted by atomic mass is 35.5. The second-order valence-corrected chi connectivity index (χ2v) is 6.53. The van der Waals surface area contributed by atoms with Gasteiger partial charge >= 0.3 is 0 Å². The first-order valence-corrected chi connectivity index (χ1v) is 7.12. The summed E-state index contributed by atoms with van der Waals surface area (Å²) in [5, 5.41) is 0.116. The molecule has 0 radical (unpaired) electrons. The van der Waals surface area contributed by atoms with Crippen LogP contribution in [0.1, 0.15) is 18.4 Å². The Hall–Kier alpha value is -0.580. The molecular weight excluding hydrogens is 246 g/mol. The van der Waals surface area contributed by atoms with Crippen molar-refractivity contribution >= 4 is 21.6 Å². The number of benzene rings is 1. The maximum absolute atomic E-state index is 11.9. The molecule has 0 aromatic heterocycles. The Morgan fingerprint density at radius 3 is 2.62 bits per heavy atom. The Morgan fingerprint density at radius 2 is 2.06 bits per heavy atom. The number of halogens is 1. The summed E-state index contributed by atoms with van der Waals surface area (Å²) in [5.41, 5.74) is 0.937. The summed E-state index contributed by atoms with van der Waals surface area (Å²) in [7, 11) is -3.37. The van der Waals surface area contributed by atoms with Crippen LogP contribution in [0.4, 0.5) is 0 Å². The Morgan fingerprint density at radius 1 is 1.38 bits per heavy atom. The second kappa shape index (κ2) is 4.35. The molecule has 1 aliphatic rings. The maximum atomic E-state index is 11.9. The molecular formula is C11H14ClNO2S. The van der Waals surface area contributed by atoms with E-state index < -0.39 is 10.0 Å². The van der Waals surface area contributed by atoms with Crippen molar-refractivity contribution < 1.29 is 8.42 Å². The third-order valence-electron chi connectivity index (χ3n) is 2.70. The summed E-state index contributed by atoms with van der Waals surface area (Å²) in [6.45, 7) is 1.87. The lowest BCUT2D eigenvalue weighted by Gasteiger charge is -2.31. The zero-order valence-electron chi connectivity index (χ0n) is 8.98. The highest BCUT2D eigenvalue weighted by Gasteiger charge is 2.31. The molecule has 5 heteroatoms. The summed E-state index contributed by atoms with van der Waals surface area (Å²) in [6.07, 6.45) is 1.43. The van der Waals surface area contributed by atoms with Crippen molar-refractivity contribution in [1.29, 1.82) is 0 Å². The van der Waals surface area contributed by atoms with E-state index in [1.807, 2.05) is 13.0 Å². The summed E-state index contributed by atoms with van der Waals surface area (Å²) < 4.78 is 26.5. The van der Waals surface area contributed by atoms with E-state index in [2.05, 4.69) is 4.72 Å². The highest BCUT2D eigenvalue weighted by Crippen LogP contribution is 2.26. The number of nitrogens with one attached hydrogen (secondary N) is 1. The molecule has 0 spiro atoms. The molecule has 1 aromatic rings.